The summed E-state index contributed by atoms with van der Waals surface area (Å²) in [7, 11) is -4.59. The van der Waals surface area contributed by atoms with Crippen molar-refractivity contribution in [3.8, 4) is 11.5 Å². The molecule has 5 nitrogen and oxygen atoms in total. The first-order valence-electron chi connectivity index (χ1n) is 3.33. The summed E-state index contributed by atoms with van der Waals surface area (Å²) in [5.74, 6) is -1.31. The molecule has 0 amide bonds. The molecule has 72 valence electrons. The Morgan fingerprint density at radius 1 is 1.23 bits per heavy atom. The van der Waals surface area contributed by atoms with E-state index in [9.17, 15) is 13.5 Å². The third-order valence-electron chi connectivity index (χ3n) is 1.57. The molecule has 0 saturated heterocycles. The zero-order valence-corrected chi connectivity index (χ0v) is 7.54. The van der Waals surface area contributed by atoms with Crippen molar-refractivity contribution in [2.75, 3.05) is 0 Å². The Labute approximate surface area is 75.0 Å². The summed E-state index contributed by atoms with van der Waals surface area (Å²) < 4.78 is 30.0. The second kappa shape index (κ2) is 2.90. The van der Waals surface area contributed by atoms with Crippen LogP contribution >= 0.6 is 0 Å². The number of hydrogen-bond donors (Lipinski definition) is 3. The quantitative estimate of drug-likeness (QED) is 0.584. The minimum Gasteiger partial charge on any atom is -0.506 e. The first-order chi connectivity index (χ1) is 5.84. The Morgan fingerprint density at radius 2 is 1.77 bits per heavy atom. The van der Waals surface area contributed by atoms with Crippen LogP contribution in [0.2, 0.25) is 0 Å². The number of phenols is 2. The molecule has 3 N–H and O–H groups in total. The predicted octanol–water partition coefficient (Wildman–Crippen LogP) is 0.653. The van der Waals surface area contributed by atoms with E-state index in [1.165, 1.54) is 13.0 Å². The Hall–Kier alpha value is -1.27. The van der Waals surface area contributed by atoms with Gasteiger partial charge >= 0.3 is 10.1 Å². The smallest absolute Gasteiger partial charge is 0.301 e. The van der Waals surface area contributed by atoms with Gasteiger partial charge in [0, 0.05) is 0 Å². The Kier molecular flexibility index (Phi) is 2.19. The second-order valence-corrected chi connectivity index (χ2v) is 3.91. The van der Waals surface area contributed by atoms with Gasteiger partial charge in [-0.3, -0.25) is 4.55 Å². The molecule has 0 aromatic heterocycles. The Balaban J connectivity index is 3.62. The highest BCUT2D eigenvalue weighted by atomic mass is 32.2. The van der Waals surface area contributed by atoms with E-state index in [-0.39, 0.29) is 5.56 Å². The number of hydrogen-bond acceptors (Lipinski definition) is 4. The first kappa shape index (κ1) is 9.82. The van der Waals surface area contributed by atoms with E-state index < -0.39 is 26.5 Å². The van der Waals surface area contributed by atoms with Gasteiger partial charge in [-0.2, -0.15) is 8.42 Å². The first-order valence-corrected chi connectivity index (χ1v) is 4.77. The van der Waals surface area contributed by atoms with Gasteiger partial charge in [0.05, 0.1) is 0 Å². The number of benzene rings is 1. The zero-order valence-electron chi connectivity index (χ0n) is 6.72. The fourth-order valence-corrected chi connectivity index (χ4v) is 1.65. The lowest BCUT2D eigenvalue weighted by atomic mass is 10.2. The summed E-state index contributed by atoms with van der Waals surface area (Å²) in [6.07, 6.45) is 0. The molecule has 0 aliphatic carbocycles. The Morgan fingerprint density at radius 3 is 2.15 bits per heavy atom. The lowest BCUT2D eigenvalue weighted by molar-refractivity contribution is 0.408. The topological polar surface area (TPSA) is 94.8 Å². The highest BCUT2D eigenvalue weighted by Gasteiger charge is 2.21. The number of aromatic hydroxyl groups is 2. The molecule has 6 heteroatoms. The summed E-state index contributed by atoms with van der Waals surface area (Å²) in [4.78, 5) is -0.854. The van der Waals surface area contributed by atoms with E-state index in [2.05, 4.69) is 0 Å². The molecule has 1 aromatic rings. The van der Waals surface area contributed by atoms with Gasteiger partial charge in [0.15, 0.2) is 4.90 Å². The molecule has 0 aliphatic rings. The van der Waals surface area contributed by atoms with Crippen molar-refractivity contribution >= 4 is 10.1 Å². The van der Waals surface area contributed by atoms with Gasteiger partial charge in [0.2, 0.25) is 0 Å². The van der Waals surface area contributed by atoms with E-state index in [1.807, 2.05) is 0 Å². The largest absolute Gasteiger partial charge is 0.506 e. The van der Waals surface area contributed by atoms with Crippen LogP contribution in [-0.4, -0.2) is 23.2 Å². The molecule has 0 heterocycles. The number of rotatable bonds is 1. The molecule has 13 heavy (non-hydrogen) atoms. The van der Waals surface area contributed by atoms with Crippen LogP contribution in [0.5, 0.6) is 11.5 Å². The van der Waals surface area contributed by atoms with Gasteiger partial charge < -0.3 is 10.2 Å². The zero-order chi connectivity index (χ0) is 10.2. The predicted molar refractivity (Wildman–Crippen MR) is 44.3 cm³/mol. The second-order valence-electron chi connectivity index (χ2n) is 2.55. The summed E-state index contributed by atoms with van der Waals surface area (Å²) in [6.45, 7) is 1.45. The highest BCUT2D eigenvalue weighted by Crippen LogP contribution is 2.33. The van der Waals surface area contributed by atoms with Crippen molar-refractivity contribution in [3.63, 3.8) is 0 Å². The van der Waals surface area contributed by atoms with Crippen LogP contribution in [0.1, 0.15) is 5.56 Å². The van der Waals surface area contributed by atoms with Gasteiger partial charge in [-0.05, 0) is 18.6 Å². The normalized spacial score (nSPS) is 11.5. The van der Waals surface area contributed by atoms with E-state index >= 15 is 0 Å². The van der Waals surface area contributed by atoms with Crippen LogP contribution in [0, 0.1) is 6.92 Å². The van der Waals surface area contributed by atoms with Crippen molar-refractivity contribution in [1.29, 1.82) is 0 Å². The lowest BCUT2D eigenvalue weighted by Gasteiger charge is -2.05. The molecule has 0 saturated carbocycles. The van der Waals surface area contributed by atoms with E-state index in [4.69, 9.17) is 9.66 Å². The molecule has 1 aromatic carbocycles. The fraction of sp³-hybridized carbons (Fsp3) is 0.143. The average Bonchev–Trinajstić information content (AvgIpc) is 1.95. The molecular weight excluding hydrogens is 196 g/mol. The monoisotopic (exact) mass is 204 g/mol. The van der Waals surface area contributed by atoms with Crippen LogP contribution in [0.4, 0.5) is 0 Å². The van der Waals surface area contributed by atoms with Crippen molar-refractivity contribution in [3.05, 3.63) is 17.7 Å². The minimum atomic E-state index is -4.59. The molecular formula is C7H8O5S. The van der Waals surface area contributed by atoms with Crippen LogP contribution in [0.3, 0.4) is 0 Å². The van der Waals surface area contributed by atoms with Crippen LogP contribution < -0.4 is 0 Å². The number of aryl methyl sites for hydroxylation is 1. The summed E-state index contributed by atoms with van der Waals surface area (Å²) in [5.41, 5.74) is 0.255. The molecule has 0 atom stereocenters. The minimum absolute atomic E-state index is 0.255. The van der Waals surface area contributed by atoms with Crippen LogP contribution in [-0.2, 0) is 10.1 Å². The van der Waals surface area contributed by atoms with Crippen molar-refractivity contribution in [2.24, 2.45) is 0 Å². The van der Waals surface area contributed by atoms with Gasteiger partial charge in [0.25, 0.3) is 0 Å². The van der Waals surface area contributed by atoms with Crippen molar-refractivity contribution in [2.45, 2.75) is 11.8 Å². The lowest BCUT2D eigenvalue weighted by Crippen LogP contribution is -1.99. The van der Waals surface area contributed by atoms with E-state index in [0.717, 1.165) is 6.07 Å². The standard InChI is InChI=1S/C7H8O5S/c1-4-2-3-5(8)7(6(4)9)13(10,11)12/h2-3,8-9H,1H3,(H,10,11,12). The molecule has 0 unspecified atom stereocenters. The summed E-state index contributed by atoms with van der Waals surface area (Å²) in [6, 6.07) is 2.41. The molecule has 0 aliphatic heterocycles. The third kappa shape index (κ3) is 1.73. The third-order valence-corrected chi connectivity index (χ3v) is 2.49. The van der Waals surface area contributed by atoms with E-state index in [0.29, 0.717) is 0 Å². The highest BCUT2D eigenvalue weighted by molar-refractivity contribution is 7.86. The number of phenolic OH excluding ortho intramolecular Hbond substituents is 2. The van der Waals surface area contributed by atoms with Crippen molar-refractivity contribution < 1.29 is 23.2 Å². The molecule has 0 radical (unpaired) electrons. The van der Waals surface area contributed by atoms with E-state index in [1.54, 1.807) is 0 Å². The maximum absolute atomic E-state index is 10.7. The van der Waals surface area contributed by atoms with Gasteiger partial charge in [-0.25, -0.2) is 0 Å². The van der Waals surface area contributed by atoms with Gasteiger partial charge in [-0.1, -0.05) is 6.07 Å². The molecule has 1 rings (SSSR count). The molecule has 0 fully saturated rings. The van der Waals surface area contributed by atoms with Gasteiger partial charge in [-0.15, -0.1) is 0 Å². The summed E-state index contributed by atoms with van der Waals surface area (Å²) >= 11 is 0. The van der Waals surface area contributed by atoms with Crippen LogP contribution in [0.15, 0.2) is 17.0 Å². The fourth-order valence-electron chi connectivity index (χ4n) is 0.913. The van der Waals surface area contributed by atoms with Crippen LogP contribution in [0.25, 0.3) is 0 Å². The average molecular weight is 204 g/mol. The maximum atomic E-state index is 10.7. The summed E-state index contributed by atoms with van der Waals surface area (Å²) in [5, 5.41) is 18.3. The maximum Gasteiger partial charge on any atom is 0.301 e. The van der Waals surface area contributed by atoms with Crippen molar-refractivity contribution in [1.82, 2.24) is 0 Å². The van der Waals surface area contributed by atoms with Gasteiger partial charge in [0.1, 0.15) is 11.5 Å². The Bertz CT molecular complexity index is 434. The molecule has 0 spiro atoms. The SMILES string of the molecule is Cc1ccc(O)c(S(=O)(=O)O)c1O. The molecule has 0 bridgehead atoms.